The smallest absolute Gasteiger partial charge is 0.347 e. The summed E-state index contributed by atoms with van der Waals surface area (Å²) in [5.41, 5.74) is 0.0169. The van der Waals surface area contributed by atoms with E-state index < -0.39 is 34.7 Å². The Hall–Kier alpha value is -5.66. The lowest BCUT2D eigenvalue weighted by Crippen LogP contribution is -2.54. The molecule has 1 saturated carbocycles. The maximum Gasteiger partial charge on any atom is 0.347 e. The normalized spacial score (nSPS) is 22.7. The van der Waals surface area contributed by atoms with E-state index in [1.54, 1.807) is 39.1 Å². The molecule has 4 aromatic rings. The van der Waals surface area contributed by atoms with Crippen LogP contribution in [-0.4, -0.2) is 61.5 Å². The fraction of sp³-hybridized carbons (Fsp3) is 0.389. The number of aromatic hydroxyl groups is 1. The van der Waals surface area contributed by atoms with Crippen LogP contribution in [0.1, 0.15) is 43.5 Å². The van der Waals surface area contributed by atoms with Gasteiger partial charge in [0.15, 0.2) is 23.1 Å². The molecular weight excluding hydrogens is 646 g/mol. The van der Waals surface area contributed by atoms with Crippen LogP contribution in [0.15, 0.2) is 68.0 Å². The number of allylic oxidation sites excluding steroid dienone is 4. The van der Waals surface area contributed by atoms with Crippen molar-refractivity contribution in [3.05, 3.63) is 96.2 Å². The summed E-state index contributed by atoms with van der Waals surface area (Å²) < 4.78 is 21.7. The van der Waals surface area contributed by atoms with Gasteiger partial charge in [0, 0.05) is 55.6 Å². The summed E-state index contributed by atoms with van der Waals surface area (Å²) in [5, 5.41) is 10.2. The number of fused-ring (bicyclic) bond motifs is 5. The summed E-state index contributed by atoms with van der Waals surface area (Å²) in [6.07, 6.45) is 3.35. The van der Waals surface area contributed by atoms with E-state index in [4.69, 9.17) is 14.2 Å². The van der Waals surface area contributed by atoms with Gasteiger partial charge in [-0.2, -0.15) is 0 Å². The van der Waals surface area contributed by atoms with E-state index in [2.05, 4.69) is 4.98 Å². The van der Waals surface area contributed by atoms with Gasteiger partial charge in [0.25, 0.3) is 5.56 Å². The molecule has 0 spiro atoms. The number of aryl methyl sites for hydroxylation is 2. The Bertz CT molecular complexity index is 2380. The van der Waals surface area contributed by atoms with Gasteiger partial charge in [-0.25, -0.2) is 28.5 Å². The van der Waals surface area contributed by atoms with Crippen LogP contribution >= 0.6 is 0 Å². The molecule has 2 aliphatic carbocycles. The molecule has 0 unspecified atom stereocenters. The van der Waals surface area contributed by atoms with E-state index in [-0.39, 0.29) is 54.5 Å². The molecule has 0 radical (unpaired) electrons. The molecule has 1 N–H and O–H groups in total. The van der Waals surface area contributed by atoms with E-state index in [1.807, 2.05) is 6.08 Å². The molecule has 0 bridgehead atoms. The second-order valence-electron chi connectivity index (χ2n) is 13.2. The lowest BCUT2D eigenvalue weighted by Gasteiger charge is -2.52. The van der Waals surface area contributed by atoms with Crippen LogP contribution in [0.5, 0.6) is 23.0 Å². The molecule has 2 aromatic carbocycles. The highest BCUT2D eigenvalue weighted by Gasteiger charge is 2.59. The number of Topliss-reactive ketones (excluding diaryl/α,β-unsaturated/α-hetero) is 1. The van der Waals surface area contributed by atoms with Crippen LogP contribution in [0.4, 0.5) is 0 Å². The van der Waals surface area contributed by atoms with Crippen LogP contribution in [-0.2, 0) is 36.1 Å². The standard InChI is InChI=1S/C36H37N5O9/c1-18-13-30(43)36(2)22(32(18)44)15-25-20(31(36)21-8-7-19(42)14-27(21)48-4)9-12-40-34(46)39(35(47)41(25)40)11-10-23-33(45)38(3)26-17-29(50-6)28(49-5)16-24(26)37-23/h7-9,13-14,16-17,22,25,31,42H,10-12,15H2,1-6H3/t22-,25+,31+,36-/m0/s1. The Morgan fingerprint density at radius 2 is 1.66 bits per heavy atom. The quantitative estimate of drug-likeness (QED) is 0.286. The first kappa shape index (κ1) is 32.9. The Kier molecular flexibility index (Phi) is 7.72. The van der Waals surface area contributed by atoms with Gasteiger partial charge in [-0.05, 0) is 36.6 Å². The monoisotopic (exact) mass is 683 g/mol. The minimum atomic E-state index is -1.22. The number of hydrogen-bond acceptors (Lipinski definition) is 10. The number of ketones is 2. The van der Waals surface area contributed by atoms with Crippen LogP contribution in [0.25, 0.3) is 11.0 Å². The maximum atomic E-state index is 14.2. The van der Waals surface area contributed by atoms with Crippen molar-refractivity contribution in [2.45, 2.75) is 51.7 Å². The highest BCUT2D eigenvalue weighted by molar-refractivity contribution is 6.13. The molecule has 14 nitrogen and oxygen atoms in total. The molecule has 14 heteroatoms. The molecule has 7 rings (SSSR count). The van der Waals surface area contributed by atoms with Crippen LogP contribution in [0, 0.1) is 11.3 Å². The molecule has 0 saturated heterocycles. The summed E-state index contributed by atoms with van der Waals surface area (Å²) in [4.78, 5) is 73.7. The van der Waals surface area contributed by atoms with Gasteiger partial charge in [0.05, 0.1) is 50.4 Å². The van der Waals surface area contributed by atoms with Gasteiger partial charge >= 0.3 is 11.4 Å². The van der Waals surface area contributed by atoms with Gasteiger partial charge in [0.1, 0.15) is 17.2 Å². The van der Waals surface area contributed by atoms with Gasteiger partial charge in [-0.3, -0.25) is 14.4 Å². The van der Waals surface area contributed by atoms with Crippen LogP contribution < -0.4 is 31.1 Å². The second kappa shape index (κ2) is 11.7. The van der Waals surface area contributed by atoms with E-state index >= 15 is 0 Å². The molecular formula is C36H37N5O9. The Morgan fingerprint density at radius 3 is 2.36 bits per heavy atom. The zero-order valence-corrected chi connectivity index (χ0v) is 28.6. The summed E-state index contributed by atoms with van der Waals surface area (Å²) in [5.74, 6) is -0.750. The third kappa shape index (κ3) is 4.61. The Balaban J connectivity index is 1.31. The Morgan fingerprint density at radius 1 is 0.960 bits per heavy atom. The van der Waals surface area contributed by atoms with Crippen molar-refractivity contribution in [3.8, 4) is 23.0 Å². The van der Waals surface area contributed by atoms with Crippen LogP contribution in [0.2, 0.25) is 0 Å². The number of methoxy groups -OCH3 is 3. The number of hydrogen-bond donors (Lipinski definition) is 1. The van der Waals surface area contributed by atoms with Crippen molar-refractivity contribution in [3.63, 3.8) is 0 Å². The van der Waals surface area contributed by atoms with Crippen molar-refractivity contribution < 1.29 is 28.9 Å². The lowest BCUT2D eigenvalue weighted by atomic mass is 9.51. The lowest BCUT2D eigenvalue weighted by molar-refractivity contribution is -0.139. The van der Waals surface area contributed by atoms with Crippen molar-refractivity contribution in [2.24, 2.45) is 18.4 Å². The molecule has 260 valence electrons. The minimum Gasteiger partial charge on any atom is -0.508 e. The number of ether oxygens (including phenoxy) is 3. The second-order valence-corrected chi connectivity index (χ2v) is 13.2. The molecule has 1 aliphatic heterocycles. The number of benzene rings is 2. The summed E-state index contributed by atoms with van der Waals surface area (Å²) in [7, 11) is 6.06. The summed E-state index contributed by atoms with van der Waals surface area (Å²) >= 11 is 0. The van der Waals surface area contributed by atoms with Gasteiger partial charge in [0.2, 0.25) is 0 Å². The fourth-order valence-electron chi connectivity index (χ4n) is 8.15. The number of rotatable bonds is 7. The number of aromatic nitrogens is 5. The zero-order valence-electron chi connectivity index (χ0n) is 28.6. The number of nitrogens with zero attached hydrogens (tertiary/aromatic N) is 5. The number of phenolic OH excluding ortho intramolecular Hbond substituents is 1. The third-order valence-corrected chi connectivity index (χ3v) is 10.8. The van der Waals surface area contributed by atoms with Crippen molar-refractivity contribution >= 4 is 22.6 Å². The third-order valence-electron chi connectivity index (χ3n) is 10.8. The highest BCUT2D eigenvalue weighted by Crippen LogP contribution is 2.60. The average molecular weight is 684 g/mol. The first-order valence-corrected chi connectivity index (χ1v) is 16.2. The molecule has 50 heavy (non-hydrogen) atoms. The van der Waals surface area contributed by atoms with E-state index in [0.29, 0.717) is 45.0 Å². The van der Waals surface area contributed by atoms with Crippen molar-refractivity contribution in [2.75, 3.05) is 21.3 Å². The zero-order chi connectivity index (χ0) is 35.8. The predicted molar refractivity (Wildman–Crippen MR) is 181 cm³/mol. The number of phenols is 1. The molecule has 1 fully saturated rings. The van der Waals surface area contributed by atoms with E-state index in [0.717, 1.165) is 4.57 Å². The molecule has 0 amide bonds. The SMILES string of the molecule is COc1cc2nc(CCn3c(=O)n4n(c3=O)[C@@H]3C[C@H]5C(=O)C(C)=CC(=O)[C@@]5(C)[C@@H](c5ccc(O)cc5OC)C3=CC4)c(=O)n(C)c2cc1OC. The Labute approximate surface area is 285 Å². The van der Waals surface area contributed by atoms with E-state index in [9.17, 15) is 29.1 Å². The number of carbonyl (C=O) groups is 2. The van der Waals surface area contributed by atoms with Crippen LogP contribution in [0.3, 0.4) is 0 Å². The van der Waals surface area contributed by atoms with E-state index in [1.165, 1.54) is 53.5 Å². The molecule has 3 heterocycles. The van der Waals surface area contributed by atoms with Gasteiger partial charge < -0.3 is 23.9 Å². The molecule has 4 atom stereocenters. The predicted octanol–water partition coefficient (Wildman–Crippen LogP) is 2.42. The van der Waals surface area contributed by atoms with Crippen molar-refractivity contribution in [1.82, 2.24) is 23.5 Å². The maximum absolute atomic E-state index is 14.2. The molecule has 3 aliphatic rings. The first-order chi connectivity index (χ1) is 23.8. The molecule has 2 aromatic heterocycles. The largest absolute Gasteiger partial charge is 0.508 e. The van der Waals surface area contributed by atoms with Gasteiger partial charge in [-0.1, -0.05) is 19.1 Å². The fourth-order valence-corrected chi connectivity index (χ4v) is 8.15. The topological polar surface area (TPSA) is 166 Å². The summed E-state index contributed by atoms with van der Waals surface area (Å²) in [6.45, 7) is 3.30. The highest BCUT2D eigenvalue weighted by atomic mass is 16.5. The summed E-state index contributed by atoms with van der Waals surface area (Å²) in [6, 6.07) is 7.21. The van der Waals surface area contributed by atoms with Crippen molar-refractivity contribution in [1.29, 1.82) is 0 Å². The minimum absolute atomic E-state index is 0.00786. The average Bonchev–Trinajstić information content (AvgIpc) is 3.35. The number of carbonyl (C=O) groups excluding carboxylic acids is 2. The first-order valence-electron chi connectivity index (χ1n) is 16.2. The van der Waals surface area contributed by atoms with Gasteiger partial charge in [-0.15, -0.1) is 0 Å².